The molecule has 1 fully saturated rings. The Morgan fingerprint density at radius 3 is 2.77 bits per heavy atom. The highest BCUT2D eigenvalue weighted by Crippen LogP contribution is 2.28. The number of carbonyl (C=O) groups is 1. The van der Waals surface area contributed by atoms with Gasteiger partial charge in [0.05, 0.1) is 27.5 Å². The van der Waals surface area contributed by atoms with Crippen LogP contribution in [0.3, 0.4) is 0 Å². The molecule has 2 amide bonds. The second kappa shape index (κ2) is 7.86. The predicted octanol–water partition coefficient (Wildman–Crippen LogP) is 4.44. The van der Waals surface area contributed by atoms with Gasteiger partial charge in [-0.3, -0.25) is 5.32 Å². The number of halogens is 2. The highest BCUT2D eigenvalue weighted by Gasteiger charge is 2.25. The lowest BCUT2D eigenvalue weighted by atomic mass is 10.1. The van der Waals surface area contributed by atoms with Crippen molar-refractivity contribution in [3.8, 4) is 5.69 Å². The van der Waals surface area contributed by atoms with Crippen LogP contribution in [-0.4, -0.2) is 47.0 Å². The average Bonchev–Trinajstić information content (AvgIpc) is 2.92. The predicted molar refractivity (Wildman–Crippen MR) is 104 cm³/mol. The number of anilines is 1. The number of nitrogens with zero attached hydrogens (tertiary/aromatic N) is 3. The van der Waals surface area contributed by atoms with Gasteiger partial charge in [-0.05, 0) is 44.9 Å². The van der Waals surface area contributed by atoms with Crippen LogP contribution in [0.15, 0.2) is 18.2 Å². The van der Waals surface area contributed by atoms with Crippen LogP contribution < -0.4 is 5.32 Å². The number of hydrogen-bond donors (Lipinski definition) is 1. The van der Waals surface area contributed by atoms with Gasteiger partial charge in [-0.25, -0.2) is 9.48 Å². The second-order valence-corrected chi connectivity index (χ2v) is 7.26. The van der Waals surface area contributed by atoms with E-state index in [0.717, 1.165) is 29.8 Å². The maximum absolute atomic E-state index is 12.8. The summed E-state index contributed by atoms with van der Waals surface area (Å²) in [5.41, 5.74) is 2.48. The molecular weight excluding hydrogens is 375 g/mol. The second-order valence-electron chi connectivity index (χ2n) is 6.45. The monoisotopic (exact) mass is 396 g/mol. The molecule has 1 aliphatic heterocycles. The van der Waals surface area contributed by atoms with Gasteiger partial charge < -0.3 is 9.64 Å². The van der Waals surface area contributed by atoms with Crippen molar-refractivity contribution >= 4 is 35.1 Å². The molecule has 2 aromatic rings. The SMILES string of the molecule is COC1CCCN(C(=O)Nc2c(C)c(C)nn2-c2ccc(Cl)c(Cl)c2)C1. The summed E-state index contributed by atoms with van der Waals surface area (Å²) in [4.78, 5) is 14.5. The normalized spacial score (nSPS) is 17.4. The van der Waals surface area contributed by atoms with Crippen LogP contribution in [0, 0.1) is 13.8 Å². The standard InChI is InChI=1S/C18H22Cl2N4O2/c1-11-12(2)22-24(13-6-7-15(19)16(20)9-13)17(11)21-18(25)23-8-4-5-14(10-23)26-3/h6-7,9,14H,4-5,8,10H2,1-3H3,(H,21,25). The van der Waals surface area contributed by atoms with Gasteiger partial charge in [0.25, 0.3) is 0 Å². The molecule has 8 heteroatoms. The molecule has 1 N–H and O–H groups in total. The zero-order chi connectivity index (χ0) is 18.8. The van der Waals surface area contributed by atoms with Crippen molar-refractivity contribution in [2.45, 2.75) is 32.8 Å². The summed E-state index contributed by atoms with van der Waals surface area (Å²) in [7, 11) is 1.68. The van der Waals surface area contributed by atoms with Crippen LogP contribution in [0.5, 0.6) is 0 Å². The Bertz CT molecular complexity index is 822. The van der Waals surface area contributed by atoms with E-state index in [1.165, 1.54) is 0 Å². The first-order valence-corrected chi connectivity index (χ1v) is 9.26. The fraction of sp³-hybridized carbons (Fsp3) is 0.444. The van der Waals surface area contributed by atoms with Crippen LogP contribution >= 0.6 is 23.2 Å². The van der Waals surface area contributed by atoms with Crippen molar-refractivity contribution in [1.29, 1.82) is 0 Å². The number of ether oxygens (including phenoxy) is 1. The maximum Gasteiger partial charge on any atom is 0.323 e. The molecule has 1 aromatic heterocycles. The number of benzene rings is 1. The fourth-order valence-electron chi connectivity index (χ4n) is 3.05. The van der Waals surface area contributed by atoms with Crippen molar-refractivity contribution in [3.63, 3.8) is 0 Å². The van der Waals surface area contributed by atoms with Crippen LogP contribution in [0.4, 0.5) is 10.6 Å². The smallest absolute Gasteiger partial charge is 0.323 e. The van der Waals surface area contributed by atoms with E-state index >= 15 is 0 Å². The average molecular weight is 397 g/mol. The molecule has 1 aliphatic rings. The van der Waals surface area contributed by atoms with E-state index in [1.54, 1.807) is 28.8 Å². The van der Waals surface area contributed by atoms with E-state index < -0.39 is 0 Å². The summed E-state index contributed by atoms with van der Waals surface area (Å²) >= 11 is 12.1. The van der Waals surface area contributed by atoms with Crippen molar-refractivity contribution in [2.75, 3.05) is 25.5 Å². The van der Waals surface area contributed by atoms with E-state index in [2.05, 4.69) is 10.4 Å². The molecule has 3 rings (SSSR count). The number of rotatable bonds is 3. The highest BCUT2D eigenvalue weighted by atomic mass is 35.5. The lowest BCUT2D eigenvalue weighted by Gasteiger charge is -2.32. The molecule has 2 heterocycles. The first-order chi connectivity index (χ1) is 12.4. The van der Waals surface area contributed by atoms with Crippen LogP contribution in [0.25, 0.3) is 5.69 Å². The molecule has 1 aromatic carbocycles. The number of piperidine rings is 1. The Balaban J connectivity index is 1.88. The van der Waals surface area contributed by atoms with Crippen LogP contribution in [-0.2, 0) is 4.74 Å². The number of aromatic nitrogens is 2. The number of hydrogen-bond acceptors (Lipinski definition) is 3. The summed E-state index contributed by atoms with van der Waals surface area (Å²) in [6.45, 7) is 5.13. The molecule has 0 radical (unpaired) electrons. The molecule has 140 valence electrons. The quantitative estimate of drug-likeness (QED) is 0.833. The van der Waals surface area contributed by atoms with E-state index in [1.807, 2.05) is 19.9 Å². The number of urea groups is 1. The van der Waals surface area contributed by atoms with Gasteiger partial charge in [0.15, 0.2) is 0 Å². The zero-order valence-corrected chi connectivity index (χ0v) is 16.6. The lowest BCUT2D eigenvalue weighted by molar-refractivity contribution is 0.0458. The Hall–Kier alpha value is -1.76. The summed E-state index contributed by atoms with van der Waals surface area (Å²) in [5.74, 6) is 0.630. The first-order valence-electron chi connectivity index (χ1n) is 8.51. The minimum absolute atomic E-state index is 0.0808. The molecule has 0 aliphatic carbocycles. The number of amides is 2. The molecule has 26 heavy (non-hydrogen) atoms. The van der Waals surface area contributed by atoms with Crippen molar-refractivity contribution in [3.05, 3.63) is 39.5 Å². The highest BCUT2D eigenvalue weighted by molar-refractivity contribution is 6.42. The zero-order valence-electron chi connectivity index (χ0n) is 15.1. The largest absolute Gasteiger partial charge is 0.380 e. The third kappa shape index (κ3) is 3.82. The first kappa shape index (κ1) is 19.0. The number of carbonyl (C=O) groups excluding carboxylic acids is 1. The molecule has 0 spiro atoms. The number of aryl methyl sites for hydroxylation is 1. The van der Waals surface area contributed by atoms with Gasteiger partial charge in [0, 0.05) is 25.8 Å². The lowest BCUT2D eigenvalue weighted by Crippen LogP contribution is -2.45. The minimum atomic E-state index is -0.156. The molecule has 1 atom stereocenters. The number of methoxy groups -OCH3 is 1. The van der Waals surface area contributed by atoms with Gasteiger partial charge in [0.1, 0.15) is 5.82 Å². The molecule has 1 unspecified atom stereocenters. The Kier molecular flexibility index (Phi) is 5.75. The van der Waals surface area contributed by atoms with E-state index in [9.17, 15) is 4.79 Å². The Morgan fingerprint density at radius 2 is 2.08 bits per heavy atom. The Morgan fingerprint density at radius 1 is 1.31 bits per heavy atom. The van der Waals surface area contributed by atoms with E-state index in [-0.39, 0.29) is 12.1 Å². The number of likely N-dealkylation sites (tertiary alicyclic amines) is 1. The van der Waals surface area contributed by atoms with Gasteiger partial charge in [0.2, 0.25) is 0 Å². The molecular formula is C18H22Cl2N4O2. The topological polar surface area (TPSA) is 59.4 Å². The fourth-order valence-corrected chi connectivity index (χ4v) is 3.34. The van der Waals surface area contributed by atoms with Crippen molar-refractivity contribution in [1.82, 2.24) is 14.7 Å². The van der Waals surface area contributed by atoms with Crippen LogP contribution in [0.1, 0.15) is 24.1 Å². The third-order valence-electron chi connectivity index (χ3n) is 4.73. The summed E-state index contributed by atoms with van der Waals surface area (Å²) in [6.07, 6.45) is 1.98. The Labute approximate surface area is 163 Å². The van der Waals surface area contributed by atoms with E-state index in [0.29, 0.717) is 29.0 Å². The molecule has 0 bridgehead atoms. The maximum atomic E-state index is 12.8. The van der Waals surface area contributed by atoms with Gasteiger partial charge >= 0.3 is 6.03 Å². The van der Waals surface area contributed by atoms with Crippen LogP contribution in [0.2, 0.25) is 10.0 Å². The molecule has 6 nitrogen and oxygen atoms in total. The summed E-state index contributed by atoms with van der Waals surface area (Å²) in [5, 5.41) is 8.45. The van der Waals surface area contributed by atoms with Crippen molar-refractivity contribution in [2.24, 2.45) is 0 Å². The third-order valence-corrected chi connectivity index (χ3v) is 5.47. The molecule has 1 saturated heterocycles. The van der Waals surface area contributed by atoms with Gasteiger partial charge in [-0.1, -0.05) is 23.2 Å². The molecule has 0 saturated carbocycles. The van der Waals surface area contributed by atoms with Gasteiger partial charge in [-0.2, -0.15) is 5.10 Å². The number of nitrogens with one attached hydrogen (secondary N) is 1. The summed E-state index contributed by atoms with van der Waals surface area (Å²) in [6, 6.07) is 5.10. The summed E-state index contributed by atoms with van der Waals surface area (Å²) < 4.78 is 7.08. The van der Waals surface area contributed by atoms with E-state index in [4.69, 9.17) is 27.9 Å². The van der Waals surface area contributed by atoms with Crippen molar-refractivity contribution < 1.29 is 9.53 Å². The van der Waals surface area contributed by atoms with Gasteiger partial charge in [-0.15, -0.1) is 0 Å². The minimum Gasteiger partial charge on any atom is -0.380 e.